The Kier molecular flexibility index (Phi) is 3.40. The highest BCUT2D eigenvalue weighted by atomic mass is 16.6. The van der Waals surface area contributed by atoms with Crippen LogP contribution in [0.3, 0.4) is 0 Å². The molecule has 104 valence electrons. The number of nitrogens with zero attached hydrogens (tertiary/aromatic N) is 1. The topological polar surface area (TPSA) is 55.6 Å². The lowest BCUT2D eigenvalue weighted by Crippen LogP contribution is -2.37. The van der Waals surface area contributed by atoms with Gasteiger partial charge < -0.3 is 9.47 Å². The van der Waals surface area contributed by atoms with E-state index in [0.717, 1.165) is 0 Å². The highest BCUT2D eigenvalue weighted by Crippen LogP contribution is 2.35. The van der Waals surface area contributed by atoms with E-state index in [1.807, 2.05) is 0 Å². The number of ether oxygens (including phenoxy) is 2. The summed E-state index contributed by atoms with van der Waals surface area (Å²) in [6.07, 6.45) is -0.476. The van der Waals surface area contributed by atoms with Crippen LogP contribution in [0.15, 0.2) is 0 Å². The Morgan fingerprint density at radius 2 is 1.44 bits per heavy atom. The van der Waals surface area contributed by atoms with E-state index < -0.39 is 22.8 Å². The van der Waals surface area contributed by atoms with Gasteiger partial charge in [0.1, 0.15) is 11.2 Å². The predicted octanol–water partition coefficient (Wildman–Crippen LogP) is 2.34. The number of carbonyl (C=O) groups excluding carboxylic acids is 2. The first kappa shape index (κ1) is 14.8. The third-order valence-electron chi connectivity index (χ3n) is 2.41. The smallest absolute Gasteiger partial charge is 0.411 e. The van der Waals surface area contributed by atoms with Gasteiger partial charge in [0.2, 0.25) is 0 Å². The van der Waals surface area contributed by atoms with Gasteiger partial charge >= 0.3 is 12.1 Å². The fourth-order valence-corrected chi connectivity index (χ4v) is 1.42. The molecule has 0 aromatic heterocycles. The molecule has 1 heterocycles. The van der Waals surface area contributed by atoms with Crippen LogP contribution in [-0.4, -0.2) is 40.2 Å². The lowest BCUT2D eigenvalue weighted by atomic mass is 10.1. The van der Waals surface area contributed by atoms with Crippen molar-refractivity contribution in [3.8, 4) is 0 Å². The van der Waals surface area contributed by atoms with Crippen LogP contribution in [0, 0.1) is 0 Å². The SMILES string of the molecule is CC(C)(C)OC(=O)N1CC1(C)C(=O)OC(C)(C)C. The monoisotopic (exact) mass is 257 g/mol. The molecule has 1 aliphatic heterocycles. The molecule has 0 bridgehead atoms. The largest absolute Gasteiger partial charge is 0.458 e. The summed E-state index contributed by atoms with van der Waals surface area (Å²) < 4.78 is 10.5. The van der Waals surface area contributed by atoms with Crippen LogP contribution >= 0.6 is 0 Å². The maximum Gasteiger partial charge on any atom is 0.411 e. The molecule has 5 nitrogen and oxygen atoms in total. The van der Waals surface area contributed by atoms with E-state index >= 15 is 0 Å². The van der Waals surface area contributed by atoms with Gasteiger partial charge in [-0.3, -0.25) is 4.90 Å². The second-order valence-electron chi connectivity index (χ2n) is 6.84. The third-order valence-corrected chi connectivity index (χ3v) is 2.41. The molecule has 1 atom stereocenters. The van der Waals surface area contributed by atoms with E-state index in [2.05, 4.69) is 0 Å². The lowest BCUT2D eigenvalue weighted by molar-refractivity contribution is -0.158. The van der Waals surface area contributed by atoms with E-state index in [0.29, 0.717) is 6.54 Å². The third kappa shape index (κ3) is 3.62. The van der Waals surface area contributed by atoms with Crippen LogP contribution < -0.4 is 0 Å². The van der Waals surface area contributed by atoms with Crippen molar-refractivity contribution in [3.05, 3.63) is 0 Å². The van der Waals surface area contributed by atoms with E-state index in [-0.39, 0.29) is 5.97 Å². The summed E-state index contributed by atoms with van der Waals surface area (Å²) in [5.41, 5.74) is -1.99. The lowest BCUT2D eigenvalue weighted by Gasteiger charge is -2.24. The molecule has 0 aromatic carbocycles. The molecule has 1 saturated heterocycles. The van der Waals surface area contributed by atoms with Crippen molar-refractivity contribution in [2.45, 2.75) is 65.2 Å². The van der Waals surface area contributed by atoms with Gasteiger partial charge in [-0.15, -0.1) is 0 Å². The second kappa shape index (κ2) is 4.14. The first-order valence-corrected chi connectivity index (χ1v) is 6.09. The number of hydrogen-bond donors (Lipinski definition) is 0. The van der Waals surface area contributed by atoms with Crippen molar-refractivity contribution in [2.24, 2.45) is 0 Å². The summed E-state index contributed by atoms with van der Waals surface area (Å²) in [7, 11) is 0. The number of esters is 1. The molecule has 0 aromatic rings. The molecule has 18 heavy (non-hydrogen) atoms. The van der Waals surface area contributed by atoms with E-state index in [4.69, 9.17) is 9.47 Å². The van der Waals surface area contributed by atoms with Gasteiger partial charge in [-0.1, -0.05) is 0 Å². The summed E-state index contributed by atoms with van der Waals surface area (Å²) >= 11 is 0. The number of amides is 1. The van der Waals surface area contributed by atoms with E-state index in [1.165, 1.54) is 4.90 Å². The van der Waals surface area contributed by atoms with Gasteiger partial charge in [0.05, 0.1) is 6.54 Å². The maximum absolute atomic E-state index is 12.0. The van der Waals surface area contributed by atoms with Gasteiger partial charge in [0, 0.05) is 0 Å². The summed E-state index contributed by atoms with van der Waals surface area (Å²) in [6.45, 7) is 12.8. The Balaban J connectivity index is 2.61. The minimum absolute atomic E-state index is 0.344. The normalized spacial score (nSPS) is 23.6. The first-order chi connectivity index (χ1) is 7.85. The molecule has 0 N–H and O–H groups in total. The molecule has 0 saturated carbocycles. The molecule has 1 aliphatic rings. The predicted molar refractivity (Wildman–Crippen MR) is 67.2 cm³/mol. The highest BCUT2D eigenvalue weighted by molar-refractivity contribution is 5.91. The van der Waals surface area contributed by atoms with Crippen molar-refractivity contribution >= 4 is 12.1 Å². The molecule has 0 radical (unpaired) electrons. The quantitative estimate of drug-likeness (QED) is 0.534. The molecule has 1 rings (SSSR count). The summed E-state index contributed by atoms with van der Waals surface area (Å²) in [6, 6.07) is 0. The van der Waals surface area contributed by atoms with Crippen molar-refractivity contribution in [1.82, 2.24) is 4.90 Å². The molecule has 1 fully saturated rings. The molecule has 5 heteroatoms. The maximum atomic E-state index is 12.0. The summed E-state index contributed by atoms with van der Waals surface area (Å²) in [5, 5.41) is 0. The van der Waals surface area contributed by atoms with Crippen LogP contribution in [-0.2, 0) is 14.3 Å². The minimum atomic E-state index is -0.879. The average Bonchev–Trinajstić information content (AvgIpc) is 2.73. The van der Waals surface area contributed by atoms with Gasteiger partial charge in [-0.05, 0) is 48.5 Å². The van der Waals surface area contributed by atoms with Crippen LogP contribution in [0.4, 0.5) is 4.79 Å². The fraction of sp³-hybridized carbons (Fsp3) is 0.846. The molecule has 0 spiro atoms. The van der Waals surface area contributed by atoms with E-state index in [1.54, 1.807) is 48.5 Å². The van der Waals surface area contributed by atoms with Crippen LogP contribution in [0.25, 0.3) is 0 Å². The zero-order valence-corrected chi connectivity index (χ0v) is 12.3. The van der Waals surface area contributed by atoms with Crippen molar-refractivity contribution in [3.63, 3.8) is 0 Å². The standard InChI is InChI=1S/C13H23NO4/c1-11(2,3)17-9(15)13(7)8-14(13)10(16)18-12(4,5)6/h8H2,1-7H3. The Morgan fingerprint density at radius 1 is 1.00 bits per heavy atom. The Bertz CT molecular complexity index is 364. The molecule has 1 amide bonds. The fourth-order valence-electron chi connectivity index (χ4n) is 1.42. The van der Waals surface area contributed by atoms with Crippen LogP contribution in [0.5, 0.6) is 0 Å². The summed E-state index contributed by atoms with van der Waals surface area (Å²) in [5.74, 6) is -0.388. The average molecular weight is 257 g/mol. The molecular weight excluding hydrogens is 234 g/mol. The highest BCUT2D eigenvalue weighted by Gasteiger charge is 2.60. The van der Waals surface area contributed by atoms with Crippen LogP contribution in [0.2, 0.25) is 0 Å². The second-order valence-corrected chi connectivity index (χ2v) is 6.84. The van der Waals surface area contributed by atoms with Crippen LogP contribution in [0.1, 0.15) is 48.5 Å². The minimum Gasteiger partial charge on any atom is -0.458 e. The first-order valence-electron chi connectivity index (χ1n) is 6.09. The van der Waals surface area contributed by atoms with Gasteiger partial charge in [0.25, 0.3) is 0 Å². The number of carbonyl (C=O) groups is 2. The Hall–Kier alpha value is -1.26. The van der Waals surface area contributed by atoms with Crippen molar-refractivity contribution in [2.75, 3.05) is 6.54 Å². The van der Waals surface area contributed by atoms with E-state index in [9.17, 15) is 9.59 Å². The number of rotatable bonds is 1. The zero-order valence-electron chi connectivity index (χ0n) is 12.3. The van der Waals surface area contributed by atoms with Gasteiger partial charge in [0.15, 0.2) is 5.54 Å². The molecule has 1 unspecified atom stereocenters. The summed E-state index contributed by atoms with van der Waals surface area (Å²) in [4.78, 5) is 25.1. The van der Waals surface area contributed by atoms with Gasteiger partial charge in [-0.25, -0.2) is 9.59 Å². The Morgan fingerprint density at radius 3 is 1.83 bits per heavy atom. The zero-order chi connectivity index (χ0) is 14.4. The van der Waals surface area contributed by atoms with Crippen molar-refractivity contribution in [1.29, 1.82) is 0 Å². The van der Waals surface area contributed by atoms with Gasteiger partial charge in [-0.2, -0.15) is 0 Å². The molecule has 0 aliphatic carbocycles. The number of hydrogen-bond acceptors (Lipinski definition) is 4. The van der Waals surface area contributed by atoms with Crippen molar-refractivity contribution < 1.29 is 19.1 Å². The Labute approximate surface area is 108 Å². The molecular formula is C13H23NO4.